The molecule has 0 aliphatic heterocycles. The number of methoxy groups -OCH3 is 1. The molecule has 0 unspecified atom stereocenters. The second-order valence-corrected chi connectivity index (χ2v) is 4.61. The van der Waals surface area contributed by atoms with Gasteiger partial charge in [0.05, 0.1) is 12.7 Å². The molecular weight excluding hydrogens is 302 g/mol. The summed E-state index contributed by atoms with van der Waals surface area (Å²) >= 11 is 5.84. The minimum absolute atomic E-state index is 0.0313. The Labute approximate surface area is 125 Å². The Balaban J connectivity index is 2.31. The highest BCUT2D eigenvalue weighted by Crippen LogP contribution is 2.34. The number of aldehydes is 1. The highest BCUT2D eigenvalue weighted by atomic mass is 35.5. The molecular formula is C15H11ClF2O3. The van der Waals surface area contributed by atoms with Crippen molar-refractivity contribution in [2.45, 2.75) is 6.61 Å². The van der Waals surface area contributed by atoms with Crippen LogP contribution in [0.5, 0.6) is 11.5 Å². The first-order valence-electron chi connectivity index (χ1n) is 5.94. The smallest absolute Gasteiger partial charge is 0.172 e. The minimum atomic E-state index is -0.600. The van der Waals surface area contributed by atoms with Crippen molar-refractivity contribution in [2.24, 2.45) is 0 Å². The lowest BCUT2D eigenvalue weighted by Gasteiger charge is -2.13. The van der Waals surface area contributed by atoms with Crippen molar-refractivity contribution in [3.8, 4) is 11.5 Å². The zero-order valence-electron chi connectivity index (χ0n) is 11.0. The van der Waals surface area contributed by atoms with Crippen LogP contribution in [0.3, 0.4) is 0 Å². The van der Waals surface area contributed by atoms with Gasteiger partial charge in [-0.2, -0.15) is 0 Å². The van der Waals surface area contributed by atoms with Gasteiger partial charge in [-0.3, -0.25) is 4.79 Å². The molecule has 21 heavy (non-hydrogen) atoms. The zero-order valence-corrected chi connectivity index (χ0v) is 11.8. The van der Waals surface area contributed by atoms with Gasteiger partial charge in [0, 0.05) is 16.7 Å². The lowest BCUT2D eigenvalue weighted by molar-refractivity contribution is 0.111. The molecule has 110 valence electrons. The summed E-state index contributed by atoms with van der Waals surface area (Å²) < 4.78 is 37.1. The van der Waals surface area contributed by atoms with E-state index >= 15 is 0 Å². The fourth-order valence-electron chi connectivity index (χ4n) is 1.79. The highest BCUT2D eigenvalue weighted by molar-refractivity contribution is 6.31. The molecule has 0 heterocycles. The monoisotopic (exact) mass is 312 g/mol. The first-order chi connectivity index (χ1) is 10.0. The third-order valence-electron chi connectivity index (χ3n) is 2.78. The number of halogens is 3. The maximum atomic E-state index is 13.5. The van der Waals surface area contributed by atoms with E-state index in [1.54, 1.807) is 0 Å². The Kier molecular flexibility index (Phi) is 4.75. The van der Waals surface area contributed by atoms with Gasteiger partial charge in [0.15, 0.2) is 17.8 Å². The molecule has 0 fully saturated rings. The number of hydrogen-bond acceptors (Lipinski definition) is 3. The number of hydrogen-bond donors (Lipinski definition) is 0. The second kappa shape index (κ2) is 6.54. The summed E-state index contributed by atoms with van der Waals surface area (Å²) in [6.07, 6.45) is 0.547. The number of carbonyl (C=O) groups is 1. The van der Waals surface area contributed by atoms with E-state index in [4.69, 9.17) is 21.1 Å². The molecule has 6 heteroatoms. The van der Waals surface area contributed by atoms with Crippen molar-refractivity contribution < 1.29 is 23.0 Å². The maximum Gasteiger partial charge on any atom is 0.172 e. The van der Waals surface area contributed by atoms with Gasteiger partial charge < -0.3 is 9.47 Å². The molecule has 0 spiro atoms. The predicted molar refractivity (Wildman–Crippen MR) is 74.1 cm³/mol. The molecule has 0 saturated heterocycles. The lowest BCUT2D eigenvalue weighted by Crippen LogP contribution is -2.03. The van der Waals surface area contributed by atoms with Gasteiger partial charge >= 0.3 is 0 Å². The van der Waals surface area contributed by atoms with Crippen LogP contribution in [0.15, 0.2) is 30.3 Å². The summed E-state index contributed by atoms with van der Waals surface area (Å²) in [5.74, 6) is -0.812. The van der Waals surface area contributed by atoms with Crippen LogP contribution in [0.4, 0.5) is 8.78 Å². The number of rotatable bonds is 5. The number of ether oxygens (including phenoxy) is 2. The first kappa shape index (κ1) is 15.3. The quantitative estimate of drug-likeness (QED) is 0.782. The van der Waals surface area contributed by atoms with E-state index in [1.165, 1.54) is 19.2 Å². The molecule has 3 nitrogen and oxygen atoms in total. The molecule has 2 rings (SSSR count). The molecule has 2 aromatic carbocycles. The molecule has 0 atom stereocenters. The van der Waals surface area contributed by atoms with Crippen molar-refractivity contribution in [1.29, 1.82) is 0 Å². The molecule has 0 aliphatic carbocycles. The van der Waals surface area contributed by atoms with Gasteiger partial charge in [-0.15, -0.1) is 0 Å². The number of benzene rings is 2. The average Bonchev–Trinajstić information content (AvgIpc) is 2.48. The van der Waals surface area contributed by atoms with E-state index in [2.05, 4.69) is 0 Å². The molecule has 0 aromatic heterocycles. The molecule has 2 aromatic rings. The normalized spacial score (nSPS) is 10.3. The fraction of sp³-hybridized carbons (Fsp3) is 0.133. The topological polar surface area (TPSA) is 35.5 Å². The van der Waals surface area contributed by atoms with Crippen molar-refractivity contribution in [3.05, 3.63) is 58.1 Å². The molecule has 0 amide bonds. The maximum absolute atomic E-state index is 13.5. The third-order valence-corrected chi connectivity index (χ3v) is 2.99. The largest absolute Gasteiger partial charge is 0.493 e. The summed E-state index contributed by atoms with van der Waals surface area (Å²) in [5.41, 5.74) is 0.194. The molecule has 0 aliphatic rings. The Morgan fingerprint density at radius 3 is 2.67 bits per heavy atom. The van der Waals surface area contributed by atoms with Crippen molar-refractivity contribution in [1.82, 2.24) is 0 Å². The SMILES string of the molecule is COc1cc(Cl)cc(C=O)c1OCc1cc(F)ccc1F. The van der Waals surface area contributed by atoms with Crippen LogP contribution in [0.2, 0.25) is 5.02 Å². The van der Waals surface area contributed by atoms with Gasteiger partial charge in [-0.1, -0.05) is 11.6 Å². The zero-order chi connectivity index (χ0) is 15.4. The van der Waals surface area contributed by atoms with Crippen LogP contribution in [0.25, 0.3) is 0 Å². The van der Waals surface area contributed by atoms with Gasteiger partial charge in [0.25, 0.3) is 0 Å². The van der Waals surface area contributed by atoms with E-state index in [0.29, 0.717) is 11.3 Å². The third kappa shape index (κ3) is 3.49. The van der Waals surface area contributed by atoms with E-state index < -0.39 is 11.6 Å². The highest BCUT2D eigenvalue weighted by Gasteiger charge is 2.14. The van der Waals surface area contributed by atoms with Gasteiger partial charge in [0.2, 0.25) is 0 Å². The summed E-state index contributed by atoms with van der Waals surface area (Å²) in [5, 5.41) is 0.304. The van der Waals surface area contributed by atoms with Crippen LogP contribution < -0.4 is 9.47 Å². The summed E-state index contributed by atoms with van der Waals surface area (Å²) in [6, 6.07) is 5.91. The van der Waals surface area contributed by atoms with E-state index in [-0.39, 0.29) is 29.2 Å². The summed E-state index contributed by atoms with van der Waals surface area (Å²) in [4.78, 5) is 11.1. The van der Waals surface area contributed by atoms with Crippen LogP contribution >= 0.6 is 11.6 Å². The van der Waals surface area contributed by atoms with Crippen molar-refractivity contribution >= 4 is 17.9 Å². The standard InChI is InChI=1S/C15H11ClF2O3/c1-20-14-6-11(16)4-9(7-19)15(14)21-8-10-5-12(17)2-3-13(10)18/h2-7H,8H2,1H3. The van der Waals surface area contributed by atoms with Crippen LogP contribution in [-0.2, 0) is 6.61 Å². The lowest BCUT2D eigenvalue weighted by atomic mass is 10.2. The Morgan fingerprint density at radius 2 is 2.00 bits per heavy atom. The summed E-state index contributed by atoms with van der Waals surface area (Å²) in [7, 11) is 1.38. The van der Waals surface area contributed by atoms with Crippen molar-refractivity contribution in [3.63, 3.8) is 0 Å². The first-order valence-corrected chi connectivity index (χ1v) is 6.32. The minimum Gasteiger partial charge on any atom is -0.493 e. The fourth-order valence-corrected chi connectivity index (χ4v) is 2.00. The molecule has 0 bridgehead atoms. The Bertz CT molecular complexity index is 674. The van der Waals surface area contributed by atoms with Crippen LogP contribution in [0, 0.1) is 11.6 Å². The van der Waals surface area contributed by atoms with E-state index in [0.717, 1.165) is 18.2 Å². The number of carbonyl (C=O) groups excluding carboxylic acids is 1. The second-order valence-electron chi connectivity index (χ2n) is 4.17. The summed E-state index contributed by atoms with van der Waals surface area (Å²) in [6.45, 7) is -0.248. The Hall–Kier alpha value is -2.14. The van der Waals surface area contributed by atoms with Crippen LogP contribution in [0.1, 0.15) is 15.9 Å². The molecule has 0 radical (unpaired) electrons. The van der Waals surface area contributed by atoms with E-state index in [9.17, 15) is 13.6 Å². The predicted octanol–water partition coefficient (Wildman–Crippen LogP) is 4.02. The average molecular weight is 313 g/mol. The van der Waals surface area contributed by atoms with Gasteiger partial charge in [-0.05, 0) is 24.3 Å². The molecule has 0 N–H and O–H groups in total. The van der Waals surface area contributed by atoms with Crippen LogP contribution in [-0.4, -0.2) is 13.4 Å². The van der Waals surface area contributed by atoms with Gasteiger partial charge in [-0.25, -0.2) is 8.78 Å². The van der Waals surface area contributed by atoms with Gasteiger partial charge in [0.1, 0.15) is 18.2 Å². The molecule has 0 saturated carbocycles. The Morgan fingerprint density at radius 1 is 1.24 bits per heavy atom. The van der Waals surface area contributed by atoms with E-state index in [1.807, 2.05) is 0 Å². The van der Waals surface area contributed by atoms with Crippen molar-refractivity contribution in [2.75, 3.05) is 7.11 Å².